The van der Waals surface area contributed by atoms with Gasteiger partial charge in [-0.3, -0.25) is 4.79 Å². The molecule has 98 valence electrons. The van der Waals surface area contributed by atoms with Crippen molar-refractivity contribution in [3.8, 4) is 0 Å². The van der Waals surface area contributed by atoms with Crippen molar-refractivity contribution in [3.63, 3.8) is 0 Å². The van der Waals surface area contributed by atoms with Crippen molar-refractivity contribution < 1.29 is 13.9 Å². The summed E-state index contributed by atoms with van der Waals surface area (Å²) in [5.41, 5.74) is 5.03. The molecule has 1 aromatic rings. The van der Waals surface area contributed by atoms with Crippen molar-refractivity contribution in [1.82, 2.24) is 0 Å². The van der Waals surface area contributed by atoms with Crippen LogP contribution in [0.1, 0.15) is 6.92 Å². The summed E-state index contributed by atoms with van der Waals surface area (Å²) in [7, 11) is 0. The minimum absolute atomic E-state index is 0.0371. The summed E-state index contributed by atoms with van der Waals surface area (Å²) in [5, 5.41) is 2.47. The molecule has 1 heterocycles. The second-order valence-electron chi connectivity index (χ2n) is 4.59. The van der Waals surface area contributed by atoms with Gasteiger partial charge in [0.05, 0.1) is 29.3 Å². The summed E-state index contributed by atoms with van der Waals surface area (Å²) in [5.74, 6) is -1.02. The first-order chi connectivity index (χ1) is 8.45. The van der Waals surface area contributed by atoms with E-state index in [0.29, 0.717) is 6.61 Å². The van der Waals surface area contributed by atoms with Gasteiger partial charge in [-0.15, -0.1) is 0 Å². The Labute approximate surface area is 109 Å². The topological polar surface area (TPSA) is 64.3 Å². The molecule has 3 N–H and O–H groups in total. The van der Waals surface area contributed by atoms with E-state index in [-0.39, 0.29) is 23.2 Å². The molecule has 2 unspecified atom stereocenters. The average Bonchev–Trinajstić information content (AvgIpc) is 2.67. The number of nitrogens with two attached hydrogens (primary N) is 1. The Morgan fingerprint density at radius 1 is 1.67 bits per heavy atom. The van der Waals surface area contributed by atoms with Gasteiger partial charge in [-0.2, -0.15) is 0 Å². The third-order valence-corrected chi connectivity index (χ3v) is 3.53. The molecule has 0 saturated carbocycles. The molecule has 1 aliphatic rings. The Balaban J connectivity index is 2.19. The van der Waals surface area contributed by atoms with E-state index in [9.17, 15) is 9.18 Å². The van der Waals surface area contributed by atoms with Gasteiger partial charge in [0.15, 0.2) is 5.82 Å². The quantitative estimate of drug-likeness (QED) is 0.863. The van der Waals surface area contributed by atoms with E-state index in [1.165, 1.54) is 12.1 Å². The van der Waals surface area contributed by atoms with Gasteiger partial charge in [-0.05, 0) is 19.1 Å². The maximum atomic E-state index is 13.7. The first-order valence-electron chi connectivity index (χ1n) is 5.54. The third-order valence-electron chi connectivity index (χ3n) is 3.24. The maximum Gasteiger partial charge on any atom is 0.234 e. The Bertz CT molecular complexity index is 483. The highest BCUT2D eigenvalue weighted by molar-refractivity contribution is 6.31. The Morgan fingerprint density at radius 2 is 2.39 bits per heavy atom. The second kappa shape index (κ2) is 4.84. The van der Waals surface area contributed by atoms with Crippen molar-refractivity contribution in [2.24, 2.45) is 11.1 Å². The molecule has 2 rings (SSSR count). The largest absolute Gasteiger partial charge is 0.379 e. The standard InChI is InChI=1S/C12H14ClFN2O2/c1-12(6-18-5-9(12)15)11(17)16-8-4-2-3-7(13)10(8)14/h2-4,9H,5-6,15H2,1H3,(H,16,17). The van der Waals surface area contributed by atoms with Gasteiger partial charge in [0.25, 0.3) is 0 Å². The number of hydrogen-bond donors (Lipinski definition) is 2. The van der Waals surface area contributed by atoms with Crippen LogP contribution >= 0.6 is 11.6 Å². The van der Waals surface area contributed by atoms with Crippen LogP contribution in [0.4, 0.5) is 10.1 Å². The molecule has 0 aromatic heterocycles. The molecule has 0 spiro atoms. The van der Waals surface area contributed by atoms with Crippen molar-refractivity contribution >= 4 is 23.2 Å². The highest BCUT2D eigenvalue weighted by Gasteiger charge is 2.44. The minimum atomic E-state index is -0.852. The number of benzene rings is 1. The molecule has 4 nitrogen and oxygen atoms in total. The van der Waals surface area contributed by atoms with Gasteiger partial charge in [0.1, 0.15) is 0 Å². The number of ether oxygens (including phenoxy) is 1. The minimum Gasteiger partial charge on any atom is -0.379 e. The first-order valence-corrected chi connectivity index (χ1v) is 5.92. The van der Waals surface area contributed by atoms with E-state index >= 15 is 0 Å². The summed E-state index contributed by atoms with van der Waals surface area (Å²) < 4.78 is 18.8. The number of hydrogen-bond acceptors (Lipinski definition) is 3. The highest BCUT2D eigenvalue weighted by Crippen LogP contribution is 2.30. The van der Waals surface area contributed by atoms with Crippen molar-refractivity contribution in [3.05, 3.63) is 29.0 Å². The van der Waals surface area contributed by atoms with Crippen molar-refractivity contribution in [2.45, 2.75) is 13.0 Å². The van der Waals surface area contributed by atoms with Gasteiger partial charge in [0.2, 0.25) is 5.91 Å². The lowest BCUT2D eigenvalue weighted by Crippen LogP contribution is -2.47. The number of rotatable bonds is 2. The Morgan fingerprint density at radius 3 is 3.00 bits per heavy atom. The first kappa shape index (κ1) is 13.3. The maximum absolute atomic E-state index is 13.7. The zero-order valence-electron chi connectivity index (χ0n) is 9.87. The van der Waals surface area contributed by atoms with E-state index in [0.717, 1.165) is 0 Å². The molecule has 1 saturated heterocycles. The van der Waals surface area contributed by atoms with E-state index in [2.05, 4.69) is 5.32 Å². The SMILES string of the molecule is CC1(C(=O)Nc2cccc(Cl)c2F)COCC1N. The number of nitrogens with one attached hydrogen (secondary N) is 1. The highest BCUT2D eigenvalue weighted by atomic mass is 35.5. The third kappa shape index (κ3) is 2.21. The molecule has 1 aromatic carbocycles. The van der Waals surface area contributed by atoms with Crippen LogP contribution in [0.3, 0.4) is 0 Å². The van der Waals surface area contributed by atoms with E-state index in [4.69, 9.17) is 22.1 Å². The van der Waals surface area contributed by atoms with Crippen LogP contribution in [0, 0.1) is 11.2 Å². The van der Waals surface area contributed by atoms with Crippen molar-refractivity contribution in [2.75, 3.05) is 18.5 Å². The predicted molar refractivity (Wildman–Crippen MR) is 66.9 cm³/mol. The summed E-state index contributed by atoms with van der Waals surface area (Å²) >= 11 is 5.64. The number of anilines is 1. The van der Waals surface area contributed by atoms with E-state index in [1.807, 2.05) is 0 Å². The molecule has 1 amide bonds. The monoisotopic (exact) mass is 272 g/mol. The lowest BCUT2D eigenvalue weighted by Gasteiger charge is -2.25. The molecule has 6 heteroatoms. The summed E-state index contributed by atoms with van der Waals surface area (Å²) in [6.07, 6.45) is 0. The fourth-order valence-corrected chi connectivity index (χ4v) is 1.96. The zero-order valence-corrected chi connectivity index (χ0v) is 10.6. The van der Waals surface area contributed by atoms with Gasteiger partial charge in [-0.25, -0.2) is 4.39 Å². The molecular weight excluding hydrogens is 259 g/mol. The average molecular weight is 273 g/mol. The van der Waals surface area contributed by atoms with Gasteiger partial charge in [0, 0.05) is 6.04 Å². The molecule has 18 heavy (non-hydrogen) atoms. The molecule has 0 bridgehead atoms. The Hall–Kier alpha value is -1.17. The normalized spacial score (nSPS) is 27.2. The number of carbonyl (C=O) groups excluding carboxylic acids is 1. The van der Waals surface area contributed by atoms with E-state index < -0.39 is 17.3 Å². The fourth-order valence-electron chi connectivity index (χ4n) is 1.79. The summed E-state index contributed by atoms with van der Waals surface area (Å²) in [6, 6.07) is 4.02. The molecule has 0 aliphatic carbocycles. The lowest BCUT2D eigenvalue weighted by molar-refractivity contribution is -0.125. The predicted octanol–water partition coefficient (Wildman–Crippen LogP) is 1.78. The molecule has 1 aliphatic heterocycles. The van der Waals surface area contributed by atoms with Gasteiger partial charge >= 0.3 is 0 Å². The molecule has 0 radical (unpaired) electrons. The van der Waals surface area contributed by atoms with Crippen LogP contribution in [-0.2, 0) is 9.53 Å². The van der Waals surface area contributed by atoms with Gasteiger partial charge < -0.3 is 15.8 Å². The van der Waals surface area contributed by atoms with Crippen LogP contribution < -0.4 is 11.1 Å². The van der Waals surface area contributed by atoms with Crippen LogP contribution in [0.2, 0.25) is 5.02 Å². The van der Waals surface area contributed by atoms with Crippen LogP contribution in [0.15, 0.2) is 18.2 Å². The van der Waals surface area contributed by atoms with Crippen LogP contribution in [-0.4, -0.2) is 25.2 Å². The summed E-state index contributed by atoms with van der Waals surface area (Å²) in [4.78, 5) is 12.1. The number of halogens is 2. The molecular formula is C12H14ClFN2O2. The van der Waals surface area contributed by atoms with Crippen LogP contribution in [0.25, 0.3) is 0 Å². The fraction of sp³-hybridized carbons (Fsp3) is 0.417. The molecule has 1 fully saturated rings. The second-order valence-corrected chi connectivity index (χ2v) is 5.00. The zero-order chi connectivity index (χ0) is 13.3. The van der Waals surface area contributed by atoms with E-state index in [1.54, 1.807) is 13.0 Å². The smallest absolute Gasteiger partial charge is 0.234 e. The van der Waals surface area contributed by atoms with Crippen molar-refractivity contribution in [1.29, 1.82) is 0 Å². The van der Waals surface area contributed by atoms with Crippen LogP contribution in [0.5, 0.6) is 0 Å². The lowest BCUT2D eigenvalue weighted by atomic mass is 9.85. The number of carbonyl (C=O) groups is 1. The van der Waals surface area contributed by atoms with Gasteiger partial charge in [-0.1, -0.05) is 17.7 Å². The molecule has 2 atom stereocenters. The summed E-state index contributed by atoms with van der Waals surface area (Å²) in [6.45, 7) is 2.24. The number of amides is 1. The Kier molecular flexibility index (Phi) is 3.56.